The zero-order chi connectivity index (χ0) is 22.0. The first-order valence-corrected chi connectivity index (χ1v) is 10.8. The van der Waals surface area contributed by atoms with Crippen LogP contribution in [0.15, 0.2) is 36.7 Å². The molecule has 7 nitrogen and oxygen atoms in total. The molecular formula is C22H22FN5O2S. The monoisotopic (exact) mass is 439 g/mol. The minimum atomic E-state index is -0.323. The van der Waals surface area contributed by atoms with Gasteiger partial charge in [-0.05, 0) is 38.0 Å². The van der Waals surface area contributed by atoms with Gasteiger partial charge in [-0.25, -0.2) is 14.2 Å². The number of thiazole rings is 1. The van der Waals surface area contributed by atoms with E-state index in [9.17, 15) is 14.0 Å². The van der Waals surface area contributed by atoms with Crippen LogP contribution in [-0.4, -0.2) is 44.8 Å². The predicted molar refractivity (Wildman–Crippen MR) is 116 cm³/mol. The van der Waals surface area contributed by atoms with E-state index < -0.39 is 0 Å². The summed E-state index contributed by atoms with van der Waals surface area (Å²) in [6.07, 6.45) is 4.18. The number of carbonyl (C=O) groups is 2. The number of benzene rings is 1. The first kappa shape index (κ1) is 21.0. The highest BCUT2D eigenvalue weighted by Crippen LogP contribution is 2.30. The molecule has 160 valence electrons. The highest BCUT2D eigenvalue weighted by Gasteiger charge is 2.32. The lowest BCUT2D eigenvalue weighted by molar-refractivity contribution is 0.0985. The van der Waals surface area contributed by atoms with E-state index in [2.05, 4.69) is 15.0 Å². The van der Waals surface area contributed by atoms with E-state index >= 15 is 0 Å². The van der Waals surface area contributed by atoms with Crippen molar-refractivity contribution in [3.05, 3.63) is 70.0 Å². The summed E-state index contributed by atoms with van der Waals surface area (Å²) >= 11 is 1.24. The minimum absolute atomic E-state index is 0.0214. The number of Topliss-reactive ketones (excluding diaryl/α,β-unsaturated/α-hetero) is 1. The molecule has 9 heteroatoms. The van der Waals surface area contributed by atoms with Gasteiger partial charge < -0.3 is 4.90 Å². The van der Waals surface area contributed by atoms with Crippen molar-refractivity contribution >= 4 is 28.3 Å². The maximum absolute atomic E-state index is 13.4. The summed E-state index contributed by atoms with van der Waals surface area (Å²) in [5, 5.41) is 0.516. The molecule has 0 radical (unpaired) electrons. The normalized spacial score (nSPS) is 13.8. The summed E-state index contributed by atoms with van der Waals surface area (Å²) in [5.74, 6) is -0.344. The van der Waals surface area contributed by atoms with Gasteiger partial charge in [0.2, 0.25) is 0 Å². The maximum atomic E-state index is 13.4. The Hall–Kier alpha value is -3.20. The quantitative estimate of drug-likeness (QED) is 0.521. The van der Waals surface area contributed by atoms with Gasteiger partial charge in [0, 0.05) is 38.4 Å². The van der Waals surface area contributed by atoms with Crippen LogP contribution in [0.3, 0.4) is 0 Å². The molecule has 2 amide bonds. The summed E-state index contributed by atoms with van der Waals surface area (Å²) in [4.78, 5) is 42.3. The fourth-order valence-corrected chi connectivity index (χ4v) is 4.48. The number of amides is 2. The highest BCUT2D eigenvalue weighted by atomic mass is 32.1. The van der Waals surface area contributed by atoms with Gasteiger partial charge in [-0.2, -0.15) is 0 Å². The fraction of sp³-hybridized carbons (Fsp3) is 0.318. The number of rotatable bonds is 7. The molecular weight excluding hydrogens is 417 g/mol. The Morgan fingerprint density at radius 3 is 2.77 bits per heavy atom. The van der Waals surface area contributed by atoms with Gasteiger partial charge in [0.15, 0.2) is 10.9 Å². The predicted octanol–water partition coefficient (Wildman–Crippen LogP) is 3.95. The van der Waals surface area contributed by atoms with Crippen molar-refractivity contribution in [3.8, 4) is 0 Å². The minimum Gasteiger partial charge on any atom is -0.318 e. The lowest BCUT2D eigenvalue weighted by atomic mass is 10.1. The number of hydrogen-bond donors (Lipinski definition) is 0. The van der Waals surface area contributed by atoms with E-state index in [1.54, 1.807) is 41.2 Å². The van der Waals surface area contributed by atoms with Crippen molar-refractivity contribution in [2.45, 2.75) is 33.2 Å². The molecule has 0 N–H and O–H groups in total. The number of halogens is 1. The third-order valence-electron chi connectivity index (χ3n) is 5.07. The number of hydrogen-bond acceptors (Lipinski definition) is 6. The molecule has 1 aromatic carbocycles. The van der Waals surface area contributed by atoms with Gasteiger partial charge in [0.05, 0.1) is 22.0 Å². The number of ketones is 1. The van der Waals surface area contributed by atoms with Crippen LogP contribution in [0, 0.1) is 19.7 Å². The number of carbonyl (C=O) groups excluding carboxylic acids is 2. The molecule has 0 atom stereocenters. The number of nitrogens with zero attached hydrogens (tertiary/aromatic N) is 5. The highest BCUT2D eigenvalue weighted by molar-refractivity contribution is 7.17. The molecule has 1 aliphatic rings. The van der Waals surface area contributed by atoms with E-state index in [1.807, 2.05) is 6.92 Å². The van der Waals surface area contributed by atoms with Gasteiger partial charge >= 0.3 is 6.03 Å². The van der Waals surface area contributed by atoms with Crippen LogP contribution in [0.4, 0.5) is 14.3 Å². The fourth-order valence-electron chi connectivity index (χ4n) is 3.42. The van der Waals surface area contributed by atoms with E-state index in [-0.39, 0.29) is 17.6 Å². The standard InChI is InChI=1S/C22H22FN5O2S/c1-14-11-25-18(12-24-14)6-7-19(29)20-15(2)26-21(31-20)28-9-8-27(22(28)30)13-16-4-3-5-17(23)10-16/h3-5,10-12H,6-9,13H2,1-2H3. The second-order valence-electron chi connectivity index (χ2n) is 7.47. The molecule has 3 aromatic rings. The summed E-state index contributed by atoms with van der Waals surface area (Å²) in [5.41, 5.74) is 2.96. The molecule has 0 bridgehead atoms. The number of aromatic nitrogens is 3. The van der Waals surface area contributed by atoms with Crippen molar-refractivity contribution < 1.29 is 14.0 Å². The van der Waals surface area contributed by atoms with Gasteiger partial charge in [0.25, 0.3) is 0 Å². The number of aryl methyl sites for hydroxylation is 3. The maximum Gasteiger partial charge on any atom is 0.326 e. The van der Waals surface area contributed by atoms with E-state index in [0.717, 1.165) is 17.0 Å². The van der Waals surface area contributed by atoms with Crippen molar-refractivity contribution in [1.29, 1.82) is 0 Å². The first-order chi connectivity index (χ1) is 14.9. The van der Waals surface area contributed by atoms with Crippen LogP contribution in [0.1, 0.15) is 38.7 Å². The molecule has 0 saturated carbocycles. The average Bonchev–Trinajstić information content (AvgIpc) is 3.30. The topological polar surface area (TPSA) is 79.3 Å². The largest absolute Gasteiger partial charge is 0.326 e. The number of urea groups is 1. The molecule has 1 fully saturated rings. The second kappa shape index (κ2) is 8.89. The van der Waals surface area contributed by atoms with Crippen molar-refractivity contribution in [2.24, 2.45) is 0 Å². The smallest absolute Gasteiger partial charge is 0.318 e. The lowest BCUT2D eigenvalue weighted by Crippen LogP contribution is -2.31. The van der Waals surface area contributed by atoms with Crippen LogP contribution in [0.25, 0.3) is 0 Å². The van der Waals surface area contributed by atoms with Crippen molar-refractivity contribution in [2.75, 3.05) is 18.0 Å². The summed E-state index contributed by atoms with van der Waals surface area (Å²) in [6.45, 7) is 4.98. The Morgan fingerprint density at radius 2 is 2.03 bits per heavy atom. The van der Waals surface area contributed by atoms with Crippen LogP contribution in [0.5, 0.6) is 0 Å². The summed E-state index contributed by atoms with van der Waals surface area (Å²) in [6, 6.07) is 6.05. The van der Waals surface area contributed by atoms with E-state index in [0.29, 0.717) is 48.2 Å². The molecule has 3 heterocycles. The number of anilines is 1. The van der Waals surface area contributed by atoms with Crippen LogP contribution in [0.2, 0.25) is 0 Å². The zero-order valence-electron chi connectivity index (χ0n) is 17.3. The SMILES string of the molecule is Cc1cnc(CCC(=O)c2sc(N3CCN(Cc4cccc(F)c4)C3=O)nc2C)cn1. The van der Waals surface area contributed by atoms with Crippen LogP contribution >= 0.6 is 11.3 Å². The Kier molecular flexibility index (Phi) is 6.03. The van der Waals surface area contributed by atoms with Gasteiger partial charge in [-0.1, -0.05) is 23.5 Å². The lowest BCUT2D eigenvalue weighted by Gasteiger charge is -2.17. The Labute approximate surface area is 183 Å². The molecule has 4 rings (SSSR count). The molecule has 0 spiro atoms. The Morgan fingerprint density at radius 1 is 1.19 bits per heavy atom. The molecule has 0 aliphatic carbocycles. The Bertz CT molecular complexity index is 1120. The van der Waals surface area contributed by atoms with Gasteiger partial charge in [-0.15, -0.1) is 0 Å². The van der Waals surface area contributed by atoms with Crippen molar-refractivity contribution in [3.63, 3.8) is 0 Å². The Balaban J connectivity index is 1.41. The zero-order valence-corrected chi connectivity index (χ0v) is 18.2. The third-order valence-corrected chi connectivity index (χ3v) is 6.29. The summed E-state index contributed by atoms with van der Waals surface area (Å²) < 4.78 is 13.4. The average molecular weight is 440 g/mol. The molecule has 1 saturated heterocycles. The molecule has 1 aliphatic heterocycles. The van der Waals surface area contributed by atoms with Gasteiger partial charge in [0.1, 0.15) is 5.82 Å². The van der Waals surface area contributed by atoms with E-state index in [1.165, 1.54) is 23.5 Å². The molecule has 0 unspecified atom stereocenters. The van der Waals surface area contributed by atoms with Gasteiger partial charge in [-0.3, -0.25) is 19.7 Å². The van der Waals surface area contributed by atoms with Crippen LogP contribution in [-0.2, 0) is 13.0 Å². The van der Waals surface area contributed by atoms with Crippen LogP contribution < -0.4 is 4.90 Å². The molecule has 2 aromatic heterocycles. The molecule has 31 heavy (non-hydrogen) atoms. The second-order valence-corrected chi connectivity index (χ2v) is 8.45. The van der Waals surface area contributed by atoms with Crippen molar-refractivity contribution in [1.82, 2.24) is 19.9 Å². The first-order valence-electron chi connectivity index (χ1n) is 10.00. The summed E-state index contributed by atoms with van der Waals surface area (Å²) in [7, 11) is 0. The third kappa shape index (κ3) is 4.77. The van der Waals surface area contributed by atoms with E-state index in [4.69, 9.17) is 0 Å².